The number of aromatic nitrogens is 4. The number of hydrogen-bond acceptors (Lipinski definition) is 12. The molecule has 7 atom stereocenters. The van der Waals surface area contributed by atoms with Gasteiger partial charge in [-0.1, -0.05) is 24.6 Å². The van der Waals surface area contributed by atoms with Gasteiger partial charge in [-0.2, -0.15) is 10.1 Å². The fourth-order valence-corrected chi connectivity index (χ4v) is 7.46. The predicted molar refractivity (Wildman–Crippen MR) is 147 cm³/mol. The van der Waals surface area contributed by atoms with Crippen molar-refractivity contribution in [3.63, 3.8) is 0 Å². The molecule has 3 fully saturated rings. The van der Waals surface area contributed by atoms with E-state index in [1.165, 1.54) is 19.1 Å². The van der Waals surface area contributed by atoms with Gasteiger partial charge in [0.25, 0.3) is 11.4 Å². The van der Waals surface area contributed by atoms with Crippen LogP contribution >= 0.6 is 7.75 Å². The summed E-state index contributed by atoms with van der Waals surface area (Å²) in [4.78, 5) is 35.2. The molecule has 1 aliphatic heterocycles. The van der Waals surface area contributed by atoms with Gasteiger partial charge in [-0.15, -0.1) is 0 Å². The van der Waals surface area contributed by atoms with Crippen LogP contribution in [0.1, 0.15) is 52.2 Å². The number of aliphatic hydroxyl groups is 2. The highest BCUT2D eigenvalue weighted by molar-refractivity contribution is 7.52. The van der Waals surface area contributed by atoms with Crippen LogP contribution in [0.15, 0.2) is 41.5 Å². The van der Waals surface area contributed by atoms with E-state index in [-0.39, 0.29) is 29.0 Å². The third kappa shape index (κ3) is 4.82. The lowest BCUT2D eigenvalue weighted by Crippen LogP contribution is -2.49. The molecule has 3 unspecified atom stereocenters. The topological polar surface area (TPSA) is 213 Å². The maximum atomic E-state index is 16.3. The first kappa shape index (κ1) is 29.7. The van der Waals surface area contributed by atoms with Crippen molar-refractivity contribution in [3.05, 3.63) is 47.0 Å². The number of ether oxygens (including phenoxy) is 2. The number of nitrogens with zero attached hydrogens (tertiary/aromatic N) is 3. The number of para-hydroxylation sites is 1. The standard InChI is InChI=1S/C26H32FN6O9P/c1-14(20(35)39-15-9-5-3-6-10-15)32-43(38,41-16-11-7-4-8-12-16)42-21-25(37)24(2,36)22(40-26(21,25)27)33-13-29-17-18(33)30-23(28)31-19(17)34/h4,7-8,11-15,21-22,36-37H,3,5-6,9-10H2,1-2H3,(H,32,38)(H3,28,30,31,34)/t14?,21?,22-,24+,25+,26-,43?/m1/s1. The zero-order chi connectivity index (χ0) is 30.8. The number of nitrogen functional groups attached to an aromatic ring is 1. The minimum Gasteiger partial charge on any atom is -0.461 e. The molecule has 0 radical (unpaired) electrons. The molecule has 3 aliphatic rings. The highest BCUT2D eigenvalue weighted by atomic mass is 31.2. The number of anilines is 1. The third-order valence-electron chi connectivity index (χ3n) is 8.15. The van der Waals surface area contributed by atoms with Crippen LogP contribution < -0.4 is 20.9 Å². The number of benzene rings is 1. The number of aromatic amines is 1. The Labute approximate surface area is 244 Å². The van der Waals surface area contributed by atoms with E-state index < -0.39 is 54.7 Å². The monoisotopic (exact) mass is 622 g/mol. The number of nitrogens with two attached hydrogens (primary N) is 1. The van der Waals surface area contributed by atoms with Gasteiger partial charge in [0.2, 0.25) is 5.95 Å². The van der Waals surface area contributed by atoms with Crippen LogP contribution in [0.5, 0.6) is 5.75 Å². The van der Waals surface area contributed by atoms with Crippen LogP contribution in [0.4, 0.5) is 10.3 Å². The quantitative estimate of drug-likeness (QED) is 0.170. The summed E-state index contributed by atoms with van der Waals surface area (Å²) < 4.78 is 53.6. The summed E-state index contributed by atoms with van der Waals surface area (Å²) in [6.07, 6.45) is 1.42. The second-order valence-electron chi connectivity index (χ2n) is 11.2. The van der Waals surface area contributed by atoms with Crippen molar-refractivity contribution in [1.29, 1.82) is 0 Å². The van der Waals surface area contributed by atoms with Crippen LogP contribution in [-0.2, 0) is 23.4 Å². The Bertz CT molecular complexity index is 1650. The number of nitrogens with one attached hydrogen (secondary N) is 2. The number of carbonyl (C=O) groups excluding carboxylic acids is 1. The van der Waals surface area contributed by atoms with E-state index in [9.17, 15) is 24.4 Å². The van der Waals surface area contributed by atoms with Crippen molar-refractivity contribution < 1.29 is 42.5 Å². The smallest absolute Gasteiger partial charge is 0.460 e. The number of esters is 1. The first-order chi connectivity index (χ1) is 20.3. The van der Waals surface area contributed by atoms with E-state index >= 15 is 4.39 Å². The first-order valence-electron chi connectivity index (χ1n) is 13.8. The molecule has 2 aliphatic carbocycles. The molecule has 1 saturated heterocycles. The molecule has 0 amide bonds. The maximum absolute atomic E-state index is 16.3. The van der Waals surface area contributed by atoms with Crippen molar-refractivity contribution in [2.24, 2.45) is 0 Å². The SMILES string of the molecule is CC(NP(=O)(Oc1ccccc1)OC1[C@]2(O)[C@@](C)(O)[C@H](n3cnc4c(=O)[nH]c(N)nc43)O[C@]12F)C(=O)OC1CCCCC1. The molecular formula is C26H32FN6O9P. The highest BCUT2D eigenvalue weighted by Gasteiger charge is 2.95. The number of carbonyl (C=O) groups is 1. The van der Waals surface area contributed by atoms with Gasteiger partial charge >= 0.3 is 13.7 Å². The normalized spacial score (nSPS) is 32.6. The van der Waals surface area contributed by atoms with Crippen molar-refractivity contribution in [1.82, 2.24) is 24.6 Å². The molecule has 0 bridgehead atoms. The number of halogens is 1. The van der Waals surface area contributed by atoms with Gasteiger partial charge in [0, 0.05) is 0 Å². The molecule has 3 aromatic rings. The maximum Gasteiger partial charge on any atom is 0.460 e. The average molecular weight is 623 g/mol. The lowest BCUT2D eigenvalue weighted by Gasteiger charge is -2.33. The van der Waals surface area contributed by atoms with Crippen LogP contribution in [0.3, 0.4) is 0 Å². The van der Waals surface area contributed by atoms with E-state index in [1.807, 2.05) is 0 Å². The molecule has 3 heterocycles. The number of fused-ring (bicyclic) bond motifs is 2. The molecule has 6 rings (SSSR count). The van der Waals surface area contributed by atoms with E-state index in [0.29, 0.717) is 12.8 Å². The number of hydrogen-bond donors (Lipinski definition) is 5. The Balaban J connectivity index is 1.25. The second-order valence-corrected chi connectivity index (χ2v) is 12.9. The van der Waals surface area contributed by atoms with E-state index in [1.54, 1.807) is 18.2 Å². The fraction of sp³-hybridized carbons (Fsp3) is 0.538. The summed E-state index contributed by atoms with van der Waals surface area (Å²) >= 11 is 0. The molecular weight excluding hydrogens is 590 g/mol. The van der Waals surface area contributed by atoms with E-state index in [2.05, 4.69) is 20.0 Å². The zero-order valence-corrected chi connectivity index (χ0v) is 24.2. The molecule has 15 nitrogen and oxygen atoms in total. The summed E-state index contributed by atoms with van der Waals surface area (Å²) in [6.45, 7) is 2.46. The minimum absolute atomic E-state index is 0.0567. The molecule has 232 valence electrons. The van der Waals surface area contributed by atoms with Crippen molar-refractivity contribution in [2.75, 3.05) is 5.73 Å². The summed E-state index contributed by atoms with van der Waals surface area (Å²) in [6, 6.07) is 6.57. The number of rotatable bonds is 9. The Hall–Kier alpha value is -3.40. The highest BCUT2D eigenvalue weighted by Crippen LogP contribution is 2.72. The Kier molecular flexibility index (Phi) is 7.14. The summed E-state index contributed by atoms with van der Waals surface area (Å²) in [7, 11) is -4.66. The van der Waals surface area contributed by atoms with Gasteiger partial charge in [-0.25, -0.2) is 13.9 Å². The van der Waals surface area contributed by atoms with E-state index in [0.717, 1.165) is 37.1 Å². The van der Waals surface area contributed by atoms with E-state index in [4.69, 9.17) is 24.3 Å². The van der Waals surface area contributed by atoms with Crippen molar-refractivity contribution >= 4 is 30.8 Å². The lowest BCUT2D eigenvalue weighted by atomic mass is 9.95. The summed E-state index contributed by atoms with van der Waals surface area (Å²) in [5, 5.41) is 25.4. The summed E-state index contributed by atoms with van der Waals surface area (Å²) in [5.74, 6) is -4.03. The number of imidazole rings is 1. The lowest BCUT2D eigenvalue weighted by molar-refractivity contribution is -0.178. The average Bonchev–Trinajstić information content (AvgIpc) is 3.19. The van der Waals surface area contributed by atoms with Gasteiger partial charge in [0.15, 0.2) is 29.1 Å². The molecule has 0 spiro atoms. The molecule has 2 saturated carbocycles. The second kappa shape index (κ2) is 10.4. The first-order valence-corrected chi connectivity index (χ1v) is 15.4. The predicted octanol–water partition coefficient (Wildman–Crippen LogP) is 1.82. The Morgan fingerprint density at radius 2 is 1.98 bits per heavy atom. The van der Waals surface area contributed by atoms with Gasteiger partial charge in [0.1, 0.15) is 23.5 Å². The van der Waals surface area contributed by atoms with Crippen molar-refractivity contribution in [2.45, 2.75) is 87.5 Å². The number of alkyl halides is 1. The van der Waals surface area contributed by atoms with Crippen LogP contribution in [0.2, 0.25) is 0 Å². The Morgan fingerprint density at radius 3 is 2.63 bits per heavy atom. The van der Waals surface area contributed by atoms with Crippen LogP contribution in [0, 0.1) is 0 Å². The minimum atomic E-state index is -4.66. The van der Waals surface area contributed by atoms with Crippen LogP contribution in [0.25, 0.3) is 11.2 Å². The largest absolute Gasteiger partial charge is 0.461 e. The fourth-order valence-electron chi connectivity index (χ4n) is 5.76. The van der Waals surface area contributed by atoms with Crippen molar-refractivity contribution in [3.8, 4) is 5.75 Å². The molecule has 2 aromatic heterocycles. The van der Waals surface area contributed by atoms with Gasteiger partial charge in [0.05, 0.1) is 6.33 Å². The van der Waals surface area contributed by atoms with Crippen LogP contribution in [-0.4, -0.2) is 71.0 Å². The Morgan fingerprint density at radius 1 is 1.28 bits per heavy atom. The molecule has 1 aromatic carbocycles. The summed E-state index contributed by atoms with van der Waals surface area (Å²) in [5.41, 5.74) is -0.584. The van der Waals surface area contributed by atoms with Gasteiger partial charge in [-0.3, -0.25) is 23.7 Å². The van der Waals surface area contributed by atoms with Gasteiger partial charge in [-0.05, 0) is 51.7 Å². The van der Waals surface area contributed by atoms with Gasteiger partial charge < -0.3 is 29.9 Å². The molecule has 6 N–H and O–H groups in total. The third-order valence-corrected chi connectivity index (χ3v) is 9.79. The zero-order valence-electron chi connectivity index (χ0n) is 23.3. The number of H-pyrrole nitrogens is 1. The molecule has 17 heteroatoms. The molecule has 43 heavy (non-hydrogen) atoms.